The Morgan fingerprint density at radius 3 is 2.89 bits per heavy atom. The zero-order chi connectivity index (χ0) is 13.1. The fraction of sp³-hybridized carbons (Fsp3) is 0.583. The Morgan fingerprint density at radius 2 is 2.22 bits per heavy atom. The summed E-state index contributed by atoms with van der Waals surface area (Å²) in [6, 6.07) is 0. The van der Waals surface area contributed by atoms with Crippen LogP contribution < -0.4 is 0 Å². The minimum Gasteiger partial charge on any atom is -0.476 e. The van der Waals surface area contributed by atoms with E-state index in [0.29, 0.717) is 12.2 Å². The van der Waals surface area contributed by atoms with Crippen molar-refractivity contribution in [2.24, 2.45) is 0 Å². The summed E-state index contributed by atoms with van der Waals surface area (Å²) in [6.45, 7) is 0.784. The van der Waals surface area contributed by atoms with Crippen LogP contribution in [0.2, 0.25) is 0 Å². The Bertz CT molecular complexity index is 479. The second kappa shape index (κ2) is 5.20. The zero-order valence-corrected chi connectivity index (χ0v) is 10.3. The number of fused-ring (bicyclic) bond motifs is 1. The molecule has 0 atom stereocenters. The number of methoxy groups -OCH3 is 1. The summed E-state index contributed by atoms with van der Waals surface area (Å²) in [5.74, 6) is -0.627. The van der Waals surface area contributed by atoms with E-state index >= 15 is 0 Å². The third-order valence-corrected chi connectivity index (χ3v) is 3.18. The topological polar surface area (TPSA) is 81.4 Å². The standard InChI is InChI=1S/C12H16N2O4/c1-18-10(15)6-5-9-13-11(12(16)17)8-4-2-3-7-14(8)9/h2-7H2,1H3,(H,16,17). The van der Waals surface area contributed by atoms with Gasteiger partial charge in [0, 0.05) is 13.0 Å². The molecule has 6 nitrogen and oxygen atoms in total. The van der Waals surface area contributed by atoms with Crippen molar-refractivity contribution in [3.05, 3.63) is 17.2 Å². The lowest BCUT2D eigenvalue weighted by Crippen LogP contribution is -2.15. The van der Waals surface area contributed by atoms with E-state index < -0.39 is 5.97 Å². The number of carbonyl (C=O) groups excluding carboxylic acids is 1. The van der Waals surface area contributed by atoms with Crippen LogP contribution in [0.15, 0.2) is 0 Å². The molecule has 1 N–H and O–H groups in total. The normalized spacial score (nSPS) is 14.1. The molecule has 0 unspecified atom stereocenters. The molecule has 1 aromatic rings. The van der Waals surface area contributed by atoms with Gasteiger partial charge in [0.25, 0.3) is 0 Å². The van der Waals surface area contributed by atoms with Gasteiger partial charge in [0.1, 0.15) is 5.82 Å². The maximum Gasteiger partial charge on any atom is 0.356 e. The molecule has 98 valence electrons. The summed E-state index contributed by atoms with van der Waals surface area (Å²) in [5, 5.41) is 9.11. The molecule has 0 spiro atoms. The molecular formula is C12H16N2O4. The van der Waals surface area contributed by atoms with Gasteiger partial charge in [-0.15, -0.1) is 0 Å². The van der Waals surface area contributed by atoms with Gasteiger partial charge in [-0.05, 0) is 19.3 Å². The molecule has 0 aromatic carbocycles. The summed E-state index contributed by atoms with van der Waals surface area (Å²) in [5.41, 5.74) is 0.920. The molecule has 0 bridgehead atoms. The number of esters is 1. The number of hydrogen-bond donors (Lipinski definition) is 1. The maximum absolute atomic E-state index is 11.1. The van der Waals surface area contributed by atoms with Crippen molar-refractivity contribution in [1.82, 2.24) is 9.55 Å². The van der Waals surface area contributed by atoms with E-state index in [4.69, 9.17) is 5.11 Å². The molecule has 0 saturated heterocycles. The van der Waals surface area contributed by atoms with E-state index in [1.807, 2.05) is 4.57 Å². The fourth-order valence-corrected chi connectivity index (χ4v) is 2.30. The fourth-order valence-electron chi connectivity index (χ4n) is 2.30. The van der Waals surface area contributed by atoms with Gasteiger partial charge in [-0.1, -0.05) is 0 Å². The van der Waals surface area contributed by atoms with Crippen LogP contribution in [-0.4, -0.2) is 33.7 Å². The average molecular weight is 252 g/mol. The highest BCUT2D eigenvalue weighted by Gasteiger charge is 2.23. The van der Waals surface area contributed by atoms with Crippen LogP contribution in [-0.2, 0) is 28.9 Å². The molecule has 0 aliphatic carbocycles. The Kier molecular flexibility index (Phi) is 3.64. The highest BCUT2D eigenvalue weighted by molar-refractivity contribution is 5.87. The zero-order valence-electron chi connectivity index (χ0n) is 10.3. The second-order valence-electron chi connectivity index (χ2n) is 4.31. The van der Waals surface area contributed by atoms with Crippen LogP contribution in [0, 0.1) is 0 Å². The van der Waals surface area contributed by atoms with E-state index in [2.05, 4.69) is 9.72 Å². The van der Waals surface area contributed by atoms with Gasteiger partial charge in [-0.3, -0.25) is 4.79 Å². The number of carboxylic acid groups (broad SMARTS) is 1. The SMILES string of the molecule is COC(=O)CCc1nc(C(=O)O)c2n1CCCC2. The molecule has 0 saturated carbocycles. The van der Waals surface area contributed by atoms with Gasteiger partial charge in [-0.25, -0.2) is 9.78 Å². The monoisotopic (exact) mass is 252 g/mol. The minimum atomic E-state index is -0.995. The molecule has 1 aliphatic rings. The Hall–Kier alpha value is -1.85. The number of aromatic carboxylic acids is 1. The first-order chi connectivity index (χ1) is 8.63. The first-order valence-corrected chi connectivity index (χ1v) is 6.02. The number of aryl methyl sites for hydroxylation is 1. The van der Waals surface area contributed by atoms with Crippen LogP contribution in [0.5, 0.6) is 0 Å². The lowest BCUT2D eigenvalue weighted by atomic mass is 10.1. The number of hydrogen-bond acceptors (Lipinski definition) is 4. The summed E-state index contributed by atoms with van der Waals surface area (Å²) in [4.78, 5) is 26.4. The summed E-state index contributed by atoms with van der Waals surface area (Å²) < 4.78 is 6.52. The number of imidazole rings is 1. The van der Waals surface area contributed by atoms with E-state index in [1.165, 1.54) is 7.11 Å². The summed E-state index contributed by atoms with van der Waals surface area (Å²) in [6.07, 6.45) is 3.40. The van der Waals surface area contributed by atoms with Crippen molar-refractivity contribution in [3.8, 4) is 0 Å². The number of carboxylic acids is 1. The van der Waals surface area contributed by atoms with Crippen LogP contribution >= 0.6 is 0 Å². The van der Waals surface area contributed by atoms with Crippen LogP contribution in [0.4, 0.5) is 0 Å². The summed E-state index contributed by atoms with van der Waals surface area (Å²) in [7, 11) is 1.34. The molecule has 2 rings (SSSR count). The van der Waals surface area contributed by atoms with Gasteiger partial charge >= 0.3 is 11.9 Å². The first-order valence-electron chi connectivity index (χ1n) is 6.02. The Morgan fingerprint density at radius 1 is 1.44 bits per heavy atom. The van der Waals surface area contributed by atoms with E-state index in [1.54, 1.807) is 0 Å². The van der Waals surface area contributed by atoms with Gasteiger partial charge in [0.05, 0.1) is 19.2 Å². The quantitative estimate of drug-likeness (QED) is 0.809. The van der Waals surface area contributed by atoms with Crippen molar-refractivity contribution in [1.29, 1.82) is 0 Å². The van der Waals surface area contributed by atoms with Crippen molar-refractivity contribution >= 4 is 11.9 Å². The number of nitrogens with zero attached hydrogens (tertiary/aromatic N) is 2. The molecule has 1 aromatic heterocycles. The highest BCUT2D eigenvalue weighted by Crippen LogP contribution is 2.21. The number of ether oxygens (including phenoxy) is 1. The third-order valence-electron chi connectivity index (χ3n) is 3.18. The number of carbonyl (C=O) groups is 2. The Labute approximate surface area is 105 Å². The van der Waals surface area contributed by atoms with Crippen molar-refractivity contribution in [2.45, 2.75) is 38.6 Å². The second-order valence-corrected chi connectivity index (χ2v) is 4.31. The molecule has 0 amide bonds. The van der Waals surface area contributed by atoms with Gasteiger partial charge < -0.3 is 14.4 Å². The smallest absolute Gasteiger partial charge is 0.356 e. The Balaban J connectivity index is 2.24. The van der Waals surface area contributed by atoms with E-state index in [9.17, 15) is 9.59 Å². The maximum atomic E-state index is 11.1. The van der Waals surface area contributed by atoms with Crippen molar-refractivity contribution in [3.63, 3.8) is 0 Å². The third kappa shape index (κ3) is 2.37. The molecule has 1 aliphatic heterocycles. The predicted octanol–water partition coefficient (Wildman–Crippen LogP) is 1.02. The molecule has 0 fully saturated rings. The molecular weight excluding hydrogens is 236 g/mol. The minimum absolute atomic E-state index is 0.134. The molecule has 18 heavy (non-hydrogen) atoms. The van der Waals surface area contributed by atoms with Crippen LogP contribution in [0.1, 0.15) is 41.3 Å². The lowest BCUT2D eigenvalue weighted by molar-refractivity contribution is -0.140. The van der Waals surface area contributed by atoms with Crippen molar-refractivity contribution < 1.29 is 19.4 Å². The number of aromatic nitrogens is 2. The lowest BCUT2D eigenvalue weighted by Gasteiger charge is -2.16. The van der Waals surface area contributed by atoms with Gasteiger partial charge in [0.2, 0.25) is 0 Å². The predicted molar refractivity (Wildman–Crippen MR) is 62.5 cm³/mol. The van der Waals surface area contributed by atoms with Gasteiger partial charge in [-0.2, -0.15) is 0 Å². The molecule has 0 radical (unpaired) electrons. The van der Waals surface area contributed by atoms with E-state index in [-0.39, 0.29) is 18.1 Å². The van der Waals surface area contributed by atoms with Crippen LogP contribution in [0.3, 0.4) is 0 Å². The molecule has 6 heteroatoms. The first kappa shape index (κ1) is 12.6. The van der Waals surface area contributed by atoms with E-state index in [0.717, 1.165) is 31.5 Å². The summed E-state index contributed by atoms with van der Waals surface area (Å²) >= 11 is 0. The largest absolute Gasteiger partial charge is 0.476 e. The van der Waals surface area contributed by atoms with Crippen molar-refractivity contribution in [2.75, 3.05) is 7.11 Å². The molecule has 2 heterocycles. The average Bonchev–Trinajstić information content (AvgIpc) is 2.75. The highest BCUT2D eigenvalue weighted by atomic mass is 16.5. The van der Waals surface area contributed by atoms with Gasteiger partial charge in [0.15, 0.2) is 5.69 Å². The van der Waals surface area contributed by atoms with Crippen LogP contribution in [0.25, 0.3) is 0 Å². The number of rotatable bonds is 4.